The first kappa shape index (κ1) is 25.2. The molecule has 0 saturated carbocycles. The number of halogens is 2. The summed E-state index contributed by atoms with van der Waals surface area (Å²) in [7, 11) is -0.0435. The van der Waals surface area contributed by atoms with Gasteiger partial charge in [0.1, 0.15) is 5.75 Å². The zero-order valence-corrected chi connectivity index (χ0v) is 18.9. The molecule has 2 rings (SSSR count). The van der Waals surface area contributed by atoms with Crippen molar-refractivity contribution in [3.63, 3.8) is 0 Å². The van der Waals surface area contributed by atoms with Crippen LogP contribution in [0.2, 0.25) is 0 Å². The van der Waals surface area contributed by atoms with E-state index in [0.717, 1.165) is 12.1 Å². The van der Waals surface area contributed by atoms with Crippen LogP contribution in [0.5, 0.6) is 11.5 Å². The van der Waals surface area contributed by atoms with E-state index in [9.17, 15) is 17.2 Å². The molecule has 0 aliphatic carbocycles. The Hall–Kier alpha value is -3.02. The number of guanidine groups is 1. The van der Waals surface area contributed by atoms with Gasteiger partial charge in [-0.3, -0.25) is 0 Å². The zero-order chi connectivity index (χ0) is 23.9. The first-order chi connectivity index (χ1) is 15.0. The second-order valence-corrected chi connectivity index (χ2v) is 9.09. The molecule has 2 aromatic carbocycles. The SMILES string of the molecule is C/C(=C\c1cc(F)c(Oc2ccc(S(=O)(=O)NCCN(C)C)cc2)c(F)c1)CN=C(N)N. The van der Waals surface area contributed by atoms with Crippen LogP contribution < -0.4 is 20.9 Å². The fraction of sp³-hybridized carbons (Fsp3) is 0.286. The van der Waals surface area contributed by atoms with Crippen molar-refractivity contribution in [3.8, 4) is 11.5 Å². The molecule has 0 atom stereocenters. The summed E-state index contributed by atoms with van der Waals surface area (Å²) in [5, 5.41) is 0. The first-order valence-corrected chi connectivity index (χ1v) is 11.1. The third-order valence-electron chi connectivity index (χ3n) is 4.15. The summed E-state index contributed by atoms with van der Waals surface area (Å²) < 4.78 is 61.3. The van der Waals surface area contributed by atoms with E-state index < -0.39 is 27.4 Å². The number of benzene rings is 2. The van der Waals surface area contributed by atoms with Crippen molar-refractivity contribution in [2.45, 2.75) is 11.8 Å². The molecule has 0 radical (unpaired) electrons. The fourth-order valence-corrected chi connectivity index (χ4v) is 3.62. The van der Waals surface area contributed by atoms with Gasteiger partial charge >= 0.3 is 0 Å². The second kappa shape index (κ2) is 11.0. The summed E-state index contributed by atoms with van der Waals surface area (Å²) in [6.07, 6.45) is 1.55. The normalized spacial score (nSPS) is 12.1. The summed E-state index contributed by atoms with van der Waals surface area (Å²) in [5.74, 6) is -2.41. The Morgan fingerprint density at radius 1 is 1.16 bits per heavy atom. The molecule has 0 saturated heterocycles. The number of nitrogens with one attached hydrogen (secondary N) is 1. The summed E-state index contributed by atoms with van der Waals surface area (Å²) in [6, 6.07) is 7.48. The maximum absolute atomic E-state index is 14.5. The van der Waals surface area contributed by atoms with Crippen molar-refractivity contribution in [2.24, 2.45) is 16.5 Å². The Bertz CT molecular complexity index is 1070. The van der Waals surface area contributed by atoms with Crippen LogP contribution in [0.25, 0.3) is 6.08 Å². The van der Waals surface area contributed by atoms with Gasteiger partial charge in [0.15, 0.2) is 23.3 Å². The molecular weight excluding hydrogens is 440 g/mol. The van der Waals surface area contributed by atoms with E-state index in [2.05, 4.69) is 9.71 Å². The van der Waals surface area contributed by atoms with Gasteiger partial charge in [-0.15, -0.1) is 0 Å². The molecule has 0 fully saturated rings. The maximum Gasteiger partial charge on any atom is 0.240 e. The fourth-order valence-electron chi connectivity index (χ4n) is 2.60. The Balaban J connectivity index is 2.14. The molecule has 0 bridgehead atoms. The molecule has 0 aromatic heterocycles. The molecule has 174 valence electrons. The minimum atomic E-state index is -3.70. The maximum atomic E-state index is 14.5. The molecule has 0 spiro atoms. The van der Waals surface area contributed by atoms with Crippen molar-refractivity contribution in [1.29, 1.82) is 0 Å². The number of hydrogen-bond acceptors (Lipinski definition) is 5. The van der Waals surface area contributed by atoms with Gasteiger partial charge in [0, 0.05) is 13.1 Å². The molecule has 5 N–H and O–H groups in total. The average molecular weight is 468 g/mol. The Kier molecular flexibility index (Phi) is 8.70. The highest BCUT2D eigenvalue weighted by Gasteiger charge is 2.16. The number of ether oxygens (including phenoxy) is 1. The predicted molar refractivity (Wildman–Crippen MR) is 121 cm³/mol. The number of hydrogen-bond donors (Lipinski definition) is 3. The smallest absolute Gasteiger partial charge is 0.240 e. The van der Waals surface area contributed by atoms with E-state index in [1.54, 1.807) is 13.0 Å². The third-order valence-corrected chi connectivity index (χ3v) is 5.63. The molecular formula is C21H27F2N5O3S. The zero-order valence-electron chi connectivity index (χ0n) is 18.1. The monoisotopic (exact) mass is 467 g/mol. The van der Waals surface area contributed by atoms with Crippen molar-refractivity contribution < 1.29 is 21.9 Å². The van der Waals surface area contributed by atoms with Crippen LogP contribution in [0, 0.1) is 11.6 Å². The summed E-state index contributed by atoms with van der Waals surface area (Å²) in [5.41, 5.74) is 11.5. The molecule has 0 aliphatic heterocycles. The highest BCUT2D eigenvalue weighted by molar-refractivity contribution is 7.89. The van der Waals surface area contributed by atoms with E-state index in [1.165, 1.54) is 24.3 Å². The van der Waals surface area contributed by atoms with Crippen LogP contribution in [-0.2, 0) is 10.0 Å². The summed E-state index contributed by atoms with van der Waals surface area (Å²) >= 11 is 0. The van der Waals surface area contributed by atoms with Gasteiger partial charge in [0.05, 0.1) is 11.4 Å². The molecule has 0 unspecified atom stereocenters. The molecule has 0 amide bonds. The van der Waals surface area contributed by atoms with Gasteiger partial charge in [-0.1, -0.05) is 11.6 Å². The predicted octanol–water partition coefficient (Wildman–Crippen LogP) is 2.27. The van der Waals surface area contributed by atoms with E-state index in [-0.39, 0.29) is 35.3 Å². The number of aliphatic imine (C=N–C) groups is 1. The van der Waals surface area contributed by atoms with Crippen LogP contribution in [0.1, 0.15) is 12.5 Å². The molecule has 0 heterocycles. The third kappa shape index (κ3) is 7.59. The number of rotatable bonds is 10. The van der Waals surface area contributed by atoms with E-state index in [1.807, 2.05) is 19.0 Å². The van der Waals surface area contributed by atoms with Crippen molar-refractivity contribution in [1.82, 2.24) is 9.62 Å². The lowest BCUT2D eigenvalue weighted by atomic mass is 10.1. The molecule has 0 aliphatic rings. The van der Waals surface area contributed by atoms with E-state index >= 15 is 0 Å². The van der Waals surface area contributed by atoms with Gasteiger partial charge in [-0.05, 0) is 63.0 Å². The number of nitrogens with zero attached hydrogens (tertiary/aromatic N) is 2. The topological polar surface area (TPSA) is 123 Å². The minimum Gasteiger partial charge on any atom is -0.451 e. The van der Waals surface area contributed by atoms with Crippen LogP contribution in [-0.4, -0.2) is 53.0 Å². The highest BCUT2D eigenvalue weighted by Crippen LogP contribution is 2.30. The van der Waals surface area contributed by atoms with Gasteiger partial charge in [0.25, 0.3) is 0 Å². The Morgan fingerprint density at radius 2 is 1.75 bits per heavy atom. The molecule has 32 heavy (non-hydrogen) atoms. The lowest BCUT2D eigenvalue weighted by Crippen LogP contribution is -2.31. The summed E-state index contributed by atoms with van der Waals surface area (Å²) in [6.45, 7) is 2.70. The van der Waals surface area contributed by atoms with Crippen LogP contribution in [0.15, 0.2) is 51.9 Å². The highest BCUT2D eigenvalue weighted by atomic mass is 32.2. The van der Waals surface area contributed by atoms with Crippen LogP contribution in [0.4, 0.5) is 8.78 Å². The Morgan fingerprint density at radius 3 is 2.28 bits per heavy atom. The van der Waals surface area contributed by atoms with Gasteiger partial charge in [-0.2, -0.15) is 0 Å². The van der Waals surface area contributed by atoms with E-state index in [0.29, 0.717) is 12.1 Å². The minimum absolute atomic E-state index is 0.0151. The Labute approximate surface area is 186 Å². The molecule has 2 aromatic rings. The largest absolute Gasteiger partial charge is 0.451 e. The van der Waals surface area contributed by atoms with Gasteiger partial charge < -0.3 is 21.1 Å². The standard InChI is InChI=1S/C21H27F2N5O3S/c1-14(13-26-21(24)25)10-15-11-18(22)20(19(23)12-15)31-16-4-6-17(7-5-16)32(29,30)27-8-9-28(2)3/h4-7,10-12,27H,8-9,13H2,1-3H3,(H4,24,25,26)/b14-10+. The lowest BCUT2D eigenvalue weighted by molar-refractivity contribution is 0.407. The molecule has 11 heteroatoms. The van der Waals surface area contributed by atoms with Crippen molar-refractivity contribution in [3.05, 3.63) is 59.2 Å². The quantitative estimate of drug-likeness (QED) is 0.364. The first-order valence-electron chi connectivity index (χ1n) is 9.62. The van der Waals surface area contributed by atoms with Crippen molar-refractivity contribution >= 4 is 22.1 Å². The van der Waals surface area contributed by atoms with Crippen molar-refractivity contribution in [2.75, 3.05) is 33.7 Å². The number of sulfonamides is 1. The van der Waals surface area contributed by atoms with Gasteiger partial charge in [-0.25, -0.2) is 26.9 Å². The number of nitrogens with two attached hydrogens (primary N) is 2. The second-order valence-electron chi connectivity index (χ2n) is 7.32. The van der Waals surface area contributed by atoms with Crippen LogP contribution in [0.3, 0.4) is 0 Å². The number of likely N-dealkylation sites (N-methyl/N-ethyl adjacent to an activating group) is 1. The van der Waals surface area contributed by atoms with E-state index in [4.69, 9.17) is 16.2 Å². The van der Waals surface area contributed by atoms with Gasteiger partial charge in [0.2, 0.25) is 10.0 Å². The molecule has 8 nitrogen and oxygen atoms in total. The van der Waals surface area contributed by atoms with Crippen LogP contribution >= 0.6 is 0 Å². The summed E-state index contributed by atoms with van der Waals surface area (Å²) in [4.78, 5) is 5.69. The lowest BCUT2D eigenvalue weighted by Gasteiger charge is -2.12. The average Bonchev–Trinajstić information content (AvgIpc) is 2.69.